The molecule has 1 unspecified atom stereocenters. The van der Waals surface area contributed by atoms with Crippen molar-refractivity contribution in [3.8, 4) is 17.0 Å². The number of aromatic nitrogens is 3. The molecule has 0 spiro atoms. The molecule has 8 nitrogen and oxygen atoms in total. The largest absolute Gasteiger partial charge is 0.497 e. The molecule has 3 heterocycles. The second-order valence-corrected chi connectivity index (χ2v) is 11.7. The average molecular weight is 555 g/mol. The maximum absolute atomic E-state index is 13.5. The lowest BCUT2D eigenvalue weighted by Crippen LogP contribution is -2.15. The molecular formula is C25H23BrN4O4S. The number of aryl methyl sites for hydroxylation is 1. The van der Waals surface area contributed by atoms with E-state index in [4.69, 9.17) is 9.72 Å². The first kappa shape index (κ1) is 23.5. The van der Waals surface area contributed by atoms with Crippen LogP contribution in [-0.2, 0) is 9.84 Å². The van der Waals surface area contributed by atoms with Gasteiger partial charge in [0.05, 0.1) is 47.0 Å². The predicted molar refractivity (Wildman–Crippen MR) is 139 cm³/mol. The van der Waals surface area contributed by atoms with Crippen molar-refractivity contribution in [3.63, 3.8) is 0 Å². The van der Waals surface area contributed by atoms with Crippen LogP contribution in [0.5, 0.6) is 5.75 Å². The lowest BCUT2D eigenvalue weighted by atomic mass is 10.0. The quantitative estimate of drug-likeness (QED) is 0.380. The number of carbonyl (C=O) groups is 1. The molecule has 5 rings (SSSR count). The Morgan fingerprint density at radius 1 is 1.17 bits per heavy atom. The monoisotopic (exact) mass is 554 g/mol. The van der Waals surface area contributed by atoms with Crippen molar-refractivity contribution in [1.82, 2.24) is 14.8 Å². The van der Waals surface area contributed by atoms with Crippen LogP contribution in [0, 0.1) is 6.92 Å². The number of rotatable bonds is 5. The van der Waals surface area contributed by atoms with Crippen LogP contribution >= 0.6 is 15.9 Å². The number of nitrogens with zero attached hydrogens (tertiary/aromatic N) is 3. The van der Waals surface area contributed by atoms with E-state index >= 15 is 0 Å². The van der Waals surface area contributed by atoms with Crippen molar-refractivity contribution in [2.75, 3.05) is 23.9 Å². The van der Waals surface area contributed by atoms with E-state index in [9.17, 15) is 13.2 Å². The fraction of sp³-hybridized carbons (Fsp3) is 0.240. The van der Waals surface area contributed by atoms with Gasteiger partial charge < -0.3 is 10.1 Å². The van der Waals surface area contributed by atoms with Gasteiger partial charge in [-0.15, -0.1) is 0 Å². The maximum Gasteiger partial charge on any atom is 0.256 e. The van der Waals surface area contributed by atoms with E-state index in [0.29, 0.717) is 45.8 Å². The number of methoxy groups -OCH3 is 1. The van der Waals surface area contributed by atoms with Gasteiger partial charge in [-0.2, -0.15) is 5.10 Å². The number of ether oxygens (including phenoxy) is 1. The SMILES string of the molecule is COc1cccc(-c2cc(C(=O)Nc3cccc(Br)c3)c3c(C)nn(C4CCS(=O)(=O)C4)c3n2)c1. The molecule has 180 valence electrons. The summed E-state index contributed by atoms with van der Waals surface area (Å²) in [6.07, 6.45) is 0.462. The van der Waals surface area contributed by atoms with Crippen LogP contribution in [0.3, 0.4) is 0 Å². The second-order valence-electron chi connectivity index (χ2n) is 8.54. The fourth-order valence-corrected chi connectivity index (χ4v) is 6.50. The molecule has 1 fully saturated rings. The van der Waals surface area contributed by atoms with Crippen LogP contribution in [-0.4, -0.2) is 47.7 Å². The van der Waals surface area contributed by atoms with Crippen LogP contribution in [0.2, 0.25) is 0 Å². The zero-order valence-electron chi connectivity index (χ0n) is 19.2. The first-order valence-corrected chi connectivity index (χ1v) is 13.7. The highest BCUT2D eigenvalue weighted by molar-refractivity contribution is 9.10. The van der Waals surface area contributed by atoms with Gasteiger partial charge in [0.25, 0.3) is 5.91 Å². The van der Waals surface area contributed by atoms with Crippen molar-refractivity contribution in [3.05, 3.63) is 70.3 Å². The van der Waals surface area contributed by atoms with Gasteiger partial charge in [-0.05, 0) is 49.7 Å². The van der Waals surface area contributed by atoms with Gasteiger partial charge in [-0.25, -0.2) is 18.1 Å². The number of hydrogen-bond donors (Lipinski definition) is 1. The minimum atomic E-state index is -3.13. The summed E-state index contributed by atoms with van der Waals surface area (Å²) in [5.74, 6) is 0.481. The number of hydrogen-bond acceptors (Lipinski definition) is 6. The summed E-state index contributed by atoms with van der Waals surface area (Å²) < 4.78 is 32.2. The van der Waals surface area contributed by atoms with Crippen molar-refractivity contribution in [2.24, 2.45) is 0 Å². The van der Waals surface area contributed by atoms with Gasteiger partial charge in [-0.3, -0.25) is 4.79 Å². The molecule has 1 aliphatic heterocycles. The molecule has 1 saturated heterocycles. The summed E-state index contributed by atoms with van der Waals surface area (Å²) in [6, 6.07) is 16.2. The van der Waals surface area contributed by atoms with Crippen molar-refractivity contribution < 1.29 is 17.9 Å². The van der Waals surface area contributed by atoms with E-state index in [0.717, 1.165) is 10.0 Å². The molecule has 0 saturated carbocycles. The first-order valence-electron chi connectivity index (χ1n) is 11.1. The van der Waals surface area contributed by atoms with Crippen LogP contribution < -0.4 is 10.1 Å². The molecule has 10 heteroatoms. The Morgan fingerprint density at radius 2 is 1.97 bits per heavy atom. The molecule has 1 amide bonds. The fourth-order valence-electron chi connectivity index (χ4n) is 4.41. The summed E-state index contributed by atoms with van der Waals surface area (Å²) in [6.45, 7) is 1.81. The Labute approximate surface area is 211 Å². The van der Waals surface area contributed by atoms with E-state index in [1.807, 2.05) is 55.5 Å². The third-order valence-corrected chi connectivity index (χ3v) is 8.33. The number of pyridine rings is 1. The summed E-state index contributed by atoms with van der Waals surface area (Å²) in [4.78, 5) is 18.4. The molecule has 2 aromatic heterocycles. The molecule has 1 aliphatic rings. The first-order chi connectivity index (χ1) is 16.7. The molecule has 1 N–H and O–H groups in total. The van der Waals surface area contributed by atoms with Crippen molar-refractivity contribution in [2.45, 2.75) is 19.4 Å². The van der Waals surface area contributed by atoms with Crippen LogP contribution in [0.25, 0.3) is 22.3 Å². The minimum absolute atomic E-state index is 0.00780. The normalized spacial score (nSPS) is 16.9. The van der Waals surface area contributed by atoms with Gasteiger partial charge >= 0.3 is 0 Å². The summed E-state index contributed by atoms with van der Waals surface area (Å²) in [5.41, 5.74) is 3.50. The highest BCUT2D eigenvalue weighted by Gasteiger charge is 2.32. The molecule has 2 aromatic carbocycles. The molecule has 0 radical (unpaired) electrons. The third-order valence-electron chi connectivity index (χ3n) is 6.08. The Balaban J connectivity index is 1.69. The number of amides is 1. The molecular weight excluding hydrogens is 532 g/mol. The number of nitrogens with one attached hydrogen (secondary N) is 1. The molecule has 1 atom stereocenters. The molecule has 0 aliphatic carbocycles. The topological polar surface area (TPSA) is 103 Å². The zero-order valence-corrected chi connectivity index (χ0v) is 21.6. The van der Waals surface area contributed by atoms with Crippen LogP contribution in [0.4, 0.5) is 5.69 Å². The van der Waals surface area contributed by atoms with Gasteiger partial charge in [0, 0.05) is 15.7 Å². The Morgan fingerprint density at radius 3 is 2.69 bits per heavy atom. The number of sulfone groups is 1. The number of fused-ring (bicyclic) bond motifs is 1. The van der Waals surface area contributed by atoms with Gasteiger partial charge in [0.1, 0.15) is 5.75 Å². The minimum Gasteiger partial charge on any atom is -0.497 e. The standard InChI is InChI=1S/C25H23BrN4O4S/c1-15-23-21(25(31)27-18-7-4-6-17(26)12-18)13-22(16-5-3-8-20(11-16)34-2)28-24(23)30(29-15)19-9-10-35(32,33)14-19/h3-8,11-13,19H,9-10,14H2,1-2H3,(H,27,31). The summed E-state index contributed by atoms with van der Waals surface area (Å²) >= 11 is 3.43. The Bertz CT molecular complexity index is 1570. The van der Waals surface area contributed by atoms with Crippen LogP contribution in [0.1, 0.15) is 28.5 Å². The van der Waals surface area contributed by atoms with Gasteiger partial charge in [0.2, 0.25) is 0 Å². The van der Waals surface area contributed by atoms with E-state index in [1.165, 1.54) is 0 Å². The maximum atomic E-state index is 13.5. The number of halogens is 1. The van der Waals surface area contributed by atoms with Gasteiger partial charge in [-0.1, -0.05) is 34.1 Å². The van der Waals surface area contributed by atoms with E-state index < -0.39 is 9.84 Å². The Kier molecular flexibility index (Phi) is 6.10. The molecule has 0 bridgehead atoms. The van der Waals surface area contributed by atoms with Crippen molar-refractivity contribution in [1.29, 1.82) is 0 Å². The molecule has 4 aromatic rings. The van der Waals surface area contributed by atoms with Crippen LogP contribution in [0.15, 0.2) is 59.1 Å². The Hall–Kier alpha value is -3.24. The highest BCUT2D eigenvalue weighted by Crippen LogP contribution is 2.33. The summed E-state index contributed by atoms with van der Waals surface area (Å²) in [5, 5.41) is 8.21. The van der Waals surface area contributed by atoms with E-state index in [1.54, 1.807) is 17.9 Å². The highest BCUT2D eigenvalue weighted by atomic mass is 79.9. The smallest absolute Gasteiger partial charge is 0.256 e. The molecule has 35 heavy (non-hydrogen) atoms. The lowest BCUT2D eigenvalue weighted by Gasteiger charge is -2.13. The van der Waals surface area contributed by atoms with E-state index in [-0.39, 0.29) is 23.5 Å². The summed E-state index contributed by atoms with van der Waals surface area (Å²) in [7, 11) is -1.55. The predicted octanol–water partition coefficient (Wildman–Crippen LogP) is 4.79. The van der Waals surface area contributed by atoms with Gasteiger partial charge in [0.15, 0.2) is 15.5 Å². The van der Waals surface area contributed by atoms with Crippen molar-refractivity contribution >= 4 is 48.4 Å². The average Bonchev–Trinajstić information content (AvgIpc) is 3.37. The lowest BCUT2D eigenvalue weighted by molar-refractivity contribution is 0.102. The van der Waals surface area contributed by atoms with E-state index in [2.05, 4.69) is 26.3 Å². The third kappa shape index (κ3) is 4.68. The number of carbonyl (C=O) groups excluding carboxylic acids is 1. The number of benzene rings is 2. The second kappa shape index (κ2) is 9.09. The number of anilines is 1. The zero-order chi connectivity index (χ0) is 24.7.